The Labute approximate surface area is 79.6 Å². The molecule has 1 N–H and O–H groups in total. The molecule has 0 unspecified atom stereocenters. The molecule has 2 heterocycles. The lowest BCUT2D eigenvalue weighted by molar-refractivity contribution is 0.0690. The highest BCUT2D eigenvalue weighted by Crippen LogP contribution is 2.06. The van der Waals surface area contributed by atoms with Crippen LogP contribution in [0.4, 0.5) is 0 Å². The van der Waals surface area contributed by atoms with Crippen LogP contribution >= 0.6 is 0 Å². The third kappa shape index (κ3) is 1.47. The average molecular weight is 189 g/mol. The summed E-state index contributed by atoms with van der Waals surface area (Å²) in [5.74, 6) is -1.04. The predicted octanol–water partition coefficient (Wildman–Crippen LogP) is 0.965. The second-order valence-corrected chi connectivity index (χ2v) is 2.66. The smallest absolute Gasteiger partial charge is 0.354 e. The van der Waals surface area contributed by atoms with Crippen LogP contribution in [0.3, 0.4) is 0 Å². The van der Waals surface area contributed by atoms with Gasteiger partial charge in [0.25, 0.3) is 0 Å². The van der Waals surface area contributed by atoms with Crippen LogP contribution in [-0.4, -0.2) is 25.8 Å². The summed E-state index contributed by atoms with van der Waals surface area (Å²) in [6.45, 7) is 0. The van der Waals surface area contributed by atoms with Crippen molar-refractivity contribution in [2.24, 2.45) is 0 Å². The van der Waals surface area contributed by atoms with Gasteiger partial charge in [-0.05, 0) is 18.2 Å². The Bertz CT molecular complexity index is 451. The minimum atomic E-state index is -1.04. The first-order valence-electron chi connectivity index (χ1n) is 3.97. The fraction of sp³-hybridized carbons (Fsp3) is 0. The lowest BCUT2D eigenvalue weighted by Gasteiger charge is -2.00. The Morgan fingerprint density at radius 1 is 1.43 bits per heavy atom. The van der Waals surface area contributed by atoms with Gasteiger partial charge in [-0.3, -0.25) is 0 Å². The van der Waals surface area contributed by atoms with Gasteiger partial charge in [0.05, 0.1) is 5.69 Å². The Hall–Kier alpha value is -2.17. The first-order valence-corrected chi connectivity index (χ1v) is 3.97. The number of hydrogen-bond donors (Lipinski definition) is 1. The minimum Gasteiger partial charge on any atom is -0.477 e. The van der Waals surface area contributed by atoms with Crippen LogP contribution < -0.4 is 0 Å². The standard InChI is InChI=1S/C9H7N3O2/c13-9(14)8-6-7(2-4-10-8)12-5-1-3-11-12/h1-6H,(H,13,14). The minimum absolute atomic E-state index is 0.0120. The van der Waals surface area contributed by atoms with Gasteiger partial charge in [-0.15, -0.1) is 0 Å². The summed E-state index contributed by atoms with van der Waals surface area (Å²) >= 11 is 0. The lowest BCUT2D eigenvalue weighted by atomic mass is 10.3. The molecular formula is C9H7N3O2. The largest absolute Gasteiger partial charge is 0.477 e. The van der Waals surface area contributed by atoms with Crippen LogP contribution in [0.25, 0.3) is 5.69 Å². The van der Waals surface area contributed by atoms with Gasteiger partial charge in [0.2, 0.25) is 0 Å². The van der Waals surface area contributed by atoms with Crippen LogP contribution in [-0.2, 0) is 0 Å². The zero-order chi connectivity index (χ0) is 9.97. The fourth-order valence-electron chi connectivity index (χ4n) is 1.10. The van der Waals surface area contributed by atoms with E-state index in [2.05, 4.69) is 10.1 Å². The van der Waals surface area contributed by atoms with Crippen LogP contribution in [0, 0.1) is 0 Å². The molecule has 0 spiro atoms. The van der Waals surface area contributed by atoms with Crippen molar-refractivity contribution in [2.75, 3.05) is 0 Å². The molecule has 0 bridgehead atoms. The van der Waals surface area contributed by atoms with Crippen LogP contribution in [0.5, 0.6) is 0 Å². The zero-order valence-corrected chi connectivity index (χ0v) is 7.16. The summed E-state index contributed by atoms with van der Waals surface area (Å²) in [6, 6.07) is 4.93. The number of carbonyl (C=O) groups is 1. The number of carboxylic acids is 1. The highest BCUT2D eigenvalue weighted by Gasteiger charge is 2.05. The summed E-state index contributed by atoms with van der Waals surface area (Å²) in [5, 5.41) is 12.7. The van der Waals surface area contributed by atoms with Crippen molar-refractivity contribution in [3.05, 3.63) is 42.5 Å². The quantitative estimate of drug-likeness (QED) is 0.764. The van der Waals surface area contributed by atoms with E-state index in [9.17, 15) is 4.79 Å². The molecule has 0 fully saturated rings. The molecule has 0 aliphatic rings. The molecule has 0 amide bonds. The van der Waals surface area contributed by atoms with E-state index in [-0.39, 0.29) is 5.69 Å². The number of rotatable bonds is 2. The van der Waals surface area contributed by atoms with Crippen LogP contribution in [0.1, 0.15) is 10.5 Å². The third-order valence-electron chi connectivity index (χ3n) is 1.73. The van der Waals surface area contributed by atoms with Crippen LogP contribution in [0.2, 0.25) is 0 Å². The van der Waals surface area contributed by atoms with E-state index in [1.54, 1.807) is 29.2 Å². The van der Waals surface area contributed by atoms with E-state index in [4.69, 9.17) is 5.11 Å². The third-order valence-corrected chi connectivity index (χ3v) is 1.73. The summed E-state index contributed by atoms with van der Waals surface area (Å²) in [6.07, 6.45) is 4.81. The van der Waals surface area contributed by atoms with Gasteiger partial charge in [0, 0.05) is 18.6 Å². The average Bonchev–Trinajstić information content (AvgIpc) is 2.71. The lowest BCUT2D eigenvalue weighted by Crippen LogP contribution is -2.02. The fourth-order valence-corrected chi connectivity index (χ4v) is 1.10. The highest BCUT2D eigenvalue weighted by atomic mass is 16.4. The van der Waals surface area contributed by atoms with Crippen molar-refractivity contribution in [3.8, 4) is 5.69 Å². The second-order valence-electron chi connectivity index (χ2n) is 2.66. The maximum atomic E-state index is 10.6. The number of carboxylic acid groups (broad SMARTS) is 1. The van der Waals surface area contributed by atoms with Gasteiger partial charge in [-0.2, -0.15) is 5.10 Å². The first-order chi connectivity index (χ1) is 6.77. The molecule has 5 nitrogen and oxygen atoms in total. The van der Waals surface area contributed by atoms with E-state index < -0.39 is 5.97 Å². The van der Waals surface area contributed by atoms with Crippen molar-refractivity contribution >= 4 is 5.97 Å². The van der Waals surface area contributed by atoms with E-state index in [0.29, 0.717) is 5.69 Å². The Morgan fingerprint density at radius 3 is 2.93 bits per heavy atom. The summed E-state index contributed by atoms with van der Waals surface area (Å²) in [4.78, 5) is 14.3. The topological polar surface area (TPSA) is 68.0 Å². The number of nitrogens with zero attached hydrogens (tertiary/aromatic N) is 3. The molecule has 2 rings (SSSR count). The molecule has 70 valence electrons. The van der Waals surface area contributed by atoms with E-state index in [1.807, 2.05) is 0 Å². The molecule has 2 aromatic rings. The van der Waals surface area contributed by atoms with Gasteiger partial charge in [-0.25, -0.2) is 14.5 Å². The molecule has 14 heavy (non-hydrogen) atoms. The van der Waals surface area contributed by atoms with Crippen molar-refractivity contribution < 1.29 is 9.90 Å². The molecule has 0 aromatic carbocycles. The SMILES string of the molecule is O=C(O)c1cc(-n2cccn2)ccn1. The molecule has 0 aliphatic heterocycles. The van der Waals surface area contributed by atoms with Gasteiger partial charge >= 0.3 is 5.97 Å². The number of pyridine rings is 1. The predicted molar refractivity (Wildman–Crippen MR) is 48.3 cm³/mol. The summed E-state index contributed by atoms with van der Waals surface area (Å²) in [7, 11) is 0. The monoisotopic (exact) mass is 189 g/mol. The number of aromatic carboxylic acids is 1. The summed E-state index contributed by atoms with van der Waals surface area (Å²) in [5.41, 5.74) is 0.695. The molecule has 0 radical (unpaired) electrons. The van der Waals surface area contributed by atoms with Gasteiger partial charge in [0.1, 0.15) is 5.69 Å². The van der Waals surface area contributed by atoms with Crippen molar-refractivity contribution in [1.29, 1.82) is 0 Å². The Balaban J connectivity index is 2.46. The molecular weight excluding hydrogens is 182 g/mol. The van der Waals surface area contributed by atoms with Crippen molar-refractivity contribution in [3.63, 3.8) is 0 Å². The van der Waals surface area contributed by atoms with Crippen molar-refractivity contribution in [2.45, 2.75) is 0 Å². The highest BCUT2D eigenvalue weighted by molar-refractivity contribution is 5.85. The van der Waals surface area contributed by atoms with E-state index in [0.717, 1.165) is 0 Å². The maximum Gasteiger partial charge on any atom is 0.354 e. The van der Waals surface area contributed by atoms with E-state index >= 15 is 0 Å². The summed E-state index contributed by atoms with van der Waals surface area (Å²) < 4.78 is 1.58. The van der Waals surface area contributed by atoms with Crippen LogP contribution in [0.15, 0.2) is 36.8 Å². The van der Waals surface area contributed by atoms with Gasteiger partial charge in [-0.1, -0.05) is 0 Å². The Morgan fingerprint density at radius 2 is 2.29 bits per heavy atom. The first kappa shape index (κ1) is 8.43. The molecule has 0 saturated carbocycles. The van der Waals surface area contributed by atoms with Crippen molar-refractivity contribution in [1.82, 2.24) is 14.8 Å². The zero-order valence-electron chi connectivity index (χ0n) is 7.16. The van der Waals surface area contributed by atoms with E-state index in [1.165, 1.54) is 12.3 Å². The molecule has 5 heteroatoms. The molecule has 0 atom stereocenters. The Kier molecular flexibility index (Phi) is 1.98. The van der Waals surface area contributed by atoms with Gasteiger partial charge < -0.3 is 5.11 Å². The molecule has 0 aliphatic carbocycles. The van der Waals surface area contributed by atoms with Gasteiger partial charge in [0.15, 0.2) is 0 Å². The number of hydrogen-bond acceptors (Lipinski definition) is 3. The second kappa shape index (κ2) is 3.29. The maximum absolute atomic E-state index is 10.6. The normalized spacial score (nSPS) is 10.0. The molecule has 2 aromatic heterocycles. The number of aromatic nitrogens is 3. The molecule has 0 saturated heterocycles.